The predicted molar refractivity (Wildman–Crippen MR) is 68.0 cm³/mol. The lowest BCUT2D eigenvalue weighted by Crippen LogP contribution is -2.34. The zero-order valence-corrected chi connectivity index (χ0v) is 10.2. The molecule has 5 heteroatoms. The molecule has 1 amide bonds. The van der Waals surface area contributed by atoms with E-state index in [0.717, 1.165) is 0 Å². The normalized spacial score (nSPS) is 21.9. The van der Waals surface area contributed by atoms with Crippen molar-refractivity contribution >= 4 is 17.6 Å². The number of aliphatic carboxylic acids is 1. The van der Waals surface area contributed by atoms with E-state index in [1.807, 2.05) is 0 Å². The van der Waals surface area contributed by atoms with E-state index < -0.39 is 29.5 Å². The highest BCUT2D eigenvalue weighted by molar-refractivity contribution is 5.95. The summed E-state index contributed by atoms with van der Waals surface area (Å²) in [5.74, 6) is -3.41. The molecule has 1 aliphatic rings. The zero-order chi connectivity index (χ0) is 13.8. The second kappa shape index (κ2) is 5.65. The molecule has 2 rings (SSSR count). The predicted octanol–water partition coefficient (Wildman–Crippen LogP) is 2.43. The second-order valence-corrected chi connectivity index (χ2v) is 4.46. The van der Waals surface area contributed by atoms with Crippen molar-refractivity contribution in [1.29, 1.82) is 0 Å². The summed E-state index contributed by atoms with van der Waals surface area (Å²) in [6.07, 6.45) is 4.22. The number of nitrogens with one attached hydrogen (secondary N) is 1. The topological polar surface area (TPSA) is 66.4 Å². The number of carbonyl (C=O) groups is 2. The first-order valence-corrected chi connectivity index (χ1v) is 6.03. The van der Waals surface area contributed by atoms with Crippen LogP contribution in [0.3, 0.4) is 0 Å². The van der Waals surface area contributed by atoms with E-state index in [1.165, 1.54) is 18.2 Å². The molecule has 0 saturated carbocycles. The molecule has 0 aliphatic heterocycles. The van der Waals surface area contributed by atoms with Crippen LogP contribution < -0.4 is 5.32 Å². The van der Waals surface area contributed by atoms with Crippen LogP contribution in [0.5, 0.6) is 0 Å². The molecule has 2 N–H and O–H groups in total. The van der Waals surface area contributed by atoms with Crippen LogP contribution in [0.2, 0.25) is 0 Å². The van der Waals surface area contributed by atoms with Crippen LogP contribution in [-0.2, 0) is 9.59 Å². The highest BCUT2D eigenvalue weighted by Gasteiger charge is 2.34. The molecular weight excluding hydrogens is 249 g/mol. The Hall–Kier alpha value is -2.17. The number of halogens is 1. The Balaban J connectivity index is 2.13. The van der Waals surface area contributed by atoms with Crippen LogP contribution in [0.4, 0.5) is 10.1 Å². The third-order valence-electron chi connectivity index (χ3n) is 3.22. The monoisotopic (exact) mass is 263 g/mol. The number of allylic oxidation sites excluding steroid dienone is 2. The van der Waals surface area contributed by atoms with Gasteiger partial charge in [0.2, 0.25) is 5.91 Å². The first kappa shape index (κ1) is 13.3. The quantitative estimate of drug-likeness (QED) is 0.823. The van der Waals surface area contributed by atoms with Crippen LogP contribution in [-0.4, -0.2) is 17.0 Å². The number of amides is 1. The highest BCUT2D eigenvalue weighted by Crippen LogP contribution is 2.27. The minimum Gasteiger partial charge on any atom is -0.481 e. The largest absolute Gasteiger partial charge is 0.481 e. The minimum atomic E-state index is -1.00. The van der Waals surface area contributed by atoms with Gasteiger partial charge in [-0.1, -0.05) is 24.3 Å². The minimum absolute atomic E-state index is 0.0752. The Morgan fingerprint density at radius 1 is 1.16 bits per heavy atom. The van der Waals surface area contributed by atoms with Crippen molar-refractivity contribution in [2.24, 2.45) is 11.8 Å². The maximum absolute atomic E-state index is 13.4. The van der Waals surface area contributed by atoms with Gasteiger partial charge in [-0.2, -0.15) is 0 Å². The number of hydrogen-bond donors (Lipinski definition) is 2. The van der Waals surface area contributed by atoms with Crippen LogP contribution in [0.15, 0.2) is 36.4 Å². The van der Waals surface area contributed by atoms with Crippen molar-refractivity contribution in [3.8, 4) is 0 Å². The average molecular weight is 263 g/mol. The Bertz CT molecular complexity index is 527. The molecule has 0 radical (unpaired) electrons. The van der Waals surface area contributed by atoms with Gasteiger partial charge in [0.25, 0.3) is 0 Å². The number of carboxylic acid groups (broad SMARTS) is 1. The van der Waals surface area contributed by atoms with E-state index in [0.29, 0.717) is 12.8 Å². The Labute approximate surface area is 109 Å². The summed E-state index contributed by atoms with van der Waals surface area (Å²) < 4.78 is 13.4. The van der Waals surface area contributed by atoms with Crippen LogP contribution in [0.25, 0.3) is 0 Å². The molecule has 100 valence electrons. The fourth-order valence-electron chi connectivity index (χ4n) is 2.16. The fourth-order valence-corrected chi connectivity index (χ4v) is 2.16. The number of rotatable bonds is 3. The molecule has 0 bridgehead atoms. The van der Waals surface area contributed by atoms with Crippen molar-refractivity contribution in [2.45, 2.75) is 12.8 Å². The van der Waals surface area contributed by atoms with E-state index in [4.69, 9.17) is 5.11 Å². The molecule has 1 aromatic rings. The van der Waals surface area contributed by atoms with Crippen LogP contribution >= 0.6 is 0 Å². The van der Waals surface area contributed by atoms with Gasteiger partial charge < -0.3 is 10.4 Å². The Kier molecular flexibility index (Phi) is 3.94. The summed E-state index contributed by atoms with van der Waals surface area (Å²) in [5.41, 5.74) is 0.0752. The lowest BCUT2D eigenvalue weighted by molar-refractivity contribution is -0.146. The number of para-hydroxylation sites is 1. The lowest BCUT2D eigenvalue weighted by atomic mass is 9.82. The SMILES string of the molecule is O=C(Nc1ccccc1F)[C@H]1CC=CC[C@H]1C(=O)O. The highest BCUT2D eigenvalue weighted by atomic mass is 19.1. The van der Waals surface area contributed by atoms with E-state index in [9.17, 15) is 14.0 Å². The molecule has 4 nitrogen and oxygen atoms in total. The van der Waals surface area contributed by atoms with Gasteiger partial charge in [-0.3, -0.25) is 9.59 Å². The summed E-state index contributed by atoms with van der Waals surface area (Å²) >= 11 is 0. The van der Waals surface area contributed by atoms with Gasteiger partial charge in [-0.05, 0) is 25.0 Å². The molecule has 1 aliphatic carbocycles. The molecule has 0 spiro atoms. The van der Waals surface area contributed by atoms with Crippen molar-refractivity contribution in [2.75, 3.05) is 5.32 Å². The van der Waals surface area contributed by atoms with E-state index >= 15 is 0 Å². The standard InChI is InChI=1S/C14H14FNO3/c15-11-7-3-4-8-12(11)16-13(17)9-5-1-2-6-10(9)14(18)19/h1-4,7-10H,5-6H2,(H,16,17)(H,18,19)/t9-,10+/m0/s1. The summed E-state index contributed by atoms with van der Waals surface area (Å²) in [4.78, 5) is 23.2. The Morgan fingerprint density at radius 2 is 1.79 bits per heavy atom. The molecule has 0 unspecified atom stereocenters. The molecule has 0 fully saturated rings. The first-order chi connectivity index (χ1) is 9.09. The van der Waals surface area contributed by atoms with Crippen molar-refractivity contribution in [3.05, 3.63) is 42.2 Å². The number of hydrogen-bond acceptors (Lipinski definition) is 2. The van der Waals surface area contributed by atoms with Crippen molar-refractivity contribution < 1.29 is 19.1 Å². The van der Waals surface area contributed by atoms with Gasteiger partial charge in [0.05, 0.1) is 17.5 Å². The van der Waals surface area contributed by atoms with E-state index in [2.05, 4.69) is 5.32 Å². The van der Waals surface area contributed by atoms with Crippen molar-refractivity contribution in [1.82, 2.24) is 0 Å². The molecule has 0 heterocycles. The number of carbonyl (C=O) groups excluding carboxylic acids is 1. The molecular formula is C14H14FNO3. The third kappa shape index (κ3) is 2.99. The van der Waals surface area contributed by atoms with Gasteiger partial charge in [-0.15, -0.1) is 0 Å². The third-order valence-corrected chi connectivity index (χ3v) is 3.22. The maximum atomic E-state index is 13.4. The van der Waals surface area contributed by atoms with Gasteiger partial charge in [0, 0.05) is 0 Å². The summed E-state index contributed by atoms with van der Waals surface area (Å²) in [7, 11) is 0. The maximum Gasteiger partial charge on any atom is 0.307 e. The molecule has 19 heavy (non-hydrogen) atoms. The molecule has 1 aromatic carbocycles. The molecule has 0 aromatic heterocycles. The fraction of sp³-hybridized carbons (Fsp3) is 0.286. The zero-order valence-electron chi connectivity index (χ0n) is 10.2. The summed E-state index contributed by atoms with van der Waals surface area (Å²) in [6, 6.07) is 5.81. The Morgan fingerprint density at radius 3 is 2.42 bits per heavy atom. The smallest absolute Gasteiger partial charge is 0.307 e. The van der Waals surface area contributed by atoms with E-state index in [1.54, 1.807) is 18.2 Å². The summed E-state index contributed by atoms with van der Waals surface area (Å²) in [5, 5.41) is 11.5. The lowest BCUT2D eigenvalue weighted by Gasteiger charge is -2.24. The number of carboxylic acids is 1. The molecule has 2 atom stereocenters. The second-order valence-electron chi connectivity index (χ2n) is 4.46. The number of benzene rings is 1. The summed E-state index contributed by atoms with van der Waals surface area (Å²) in [6.45, 7) is 0. The van der Waals surface area contributed by atoms with Gasteiger partial charge in [-0.25, -0.2) is 4.39 Å². The van der Waals surface area contributed by atoms with Gasteiger partial charge >= 0.3 is 5.97 Å². The first-order valence-electron chi connectivity index (χ1n) is 6.03. The van der Waals surface area contributed by atoms with Crippen LogP contribution in [0.1, 0.15) is 12.8 Å². The van der Waals surface area contributed by atoms with E-state index in [-0.39, 0.29) is 5.69 Å². The van der Waals surface area contributed by atoms with Gasteiger partial charge in [0.15, 0.2) is 0 Å². The molecule has 0 saturated heterocycles. The van der Waals surface area contributed by atoms with Crippen molar-refractivity contribution in [3.63, 3.8) is 0 Å². The van der Waals surface area contributed by atoms with Gasteiger partial charge in [0.1, 0.15) is 5.82 Å². The van der Waals surface area contributed by atoms with Crippen LogP contribution in [0, 0.1) is 17.7 Å². The average Bonchev–Trinajstić information content (AvgIpc) is 2.41. The number of anilines is 1.